The van der Waals surface area contributed by atoms with Gasteiger partial charge in [-0.3, -0.25) is 9.59 Å². The molecule has 0 radical (unpaired) electrons. The van der Waals surface area contributed by atoms with Crippen LogP contribution in [0.2, 0.25) is 0 Å². The van der Waals surface area contributed by atoms with Crippen molar-refractivity contribution in [2.24, 2.45) is 5.41 Å². The molecule has 2 atom stereocenters. The van der Waals surface area contributed by atoms with Gasteiger partial charge >= 0.3 is 11.9 Å². The summed E-state index contributed by atoms with van der Waals surface area (Å²) < 4.78 is 0. The van der Waals surface area contributed by atoms with Crippen LogP contribution in [0.25, 0.3) is 0 Å². The van der Waals surface area contributed by atoms with Crippen molar-refractivity contribution in [1.82, 2.24) is 0 Å². The van der Waals surface area contributed by atoms with Crippen LogP contribution in [0.1, 0.15) is 252 Å². The molecule has 2 unspecified atom stereocenters. The molecule has 0 fully saturated rings. The van der Waals surface area contributed by atoms with E-state index in [4.69, 9.17) is 0 Å². The van der Waals surface area contributed by atoms with Crippen molar-refractivity contribution in [3.63, 3.8) is 0 Å². The molecule has 0 aromatic carbocycles. The van der Waals surface area contributed by atoms with Gasteiger partial charge in [0, 0.05) is 10.5 Å². The Kier molecular flexibility index (Phi) is 35.2. The van der Waals surface area contributed by atoms with Crippen molar-refractivity contribution in [3.05, 3.63) is 0 Å². The van der Waals surface area contributed by atoms with Gasteiger partial charge in [-0.2, -0.15) is 11.8 Å². The lowest BCUT2D eigenvalue weighted by molar-refractivity contribution is -0.150. The van der Waals surface area contributed by atoms with Gasteiger partial charge in [0.25, 0.3) is 0 Å². The standard InChI is InChI=1S/C44H86O4S/c1-5-7-9-11-13-15-17-19-21-23-25-27-29-31-33-35-37-44(43(47)48,41(4)49-40(3)39-42(45)46)38-36-34-32-30-28-26-24-22-20-18-16-14-12-10-8-6-2/h40-41H,5-39H2,1-4H3,(H,45,46)(H,47,48). The van der Waals surface area contributed by atoms with Crippen LogP contribution in [-0.4, -0.2) is 32.7 Å². The highest BCUT2D eigenvalue weighted by molar-refractivity contribution is 8.00. The second kappa shape index (κ2) is 35.7. The summed E-state index contributed by atoms with van der Waals surface area (Å²) in [4.78, 5) is 24.2. The predicted molar refractivity (Wildman–Crippen MR) is 217 cm³/mol. The summed E-state index contributed by atoms with van der Waals surface area (Å²) in [6.07, 6.45) is 43.7. The van der Waals surface area contributed by atoms with Gasteiger partial charge in [-0.15, -0.1) is 0 Å². The maximum atomic E-state index is 12.9. The highest BCUT2D eigenvalue weighted by Gasteiger charge is 2.43. The molecule has 49 heavy (non-hydrogen) atoms. The summed E-state index contributed by atoms with van der Waals surface area (Å²) >= 11 is 1.58. The van der Waals surface area contributed by atoms with E-state index in [1.165, 1.54) is 180 Å². The van der Waals surface area contributed by atoms with Crippen molar-refractivity contribution in [1.29, 1.82) is 0 Å². The summed E-state index contributed by atoms with van der Waals surface area (Å²) in [5.41, 5.74) is -0.760. The number of hydrogen-bond acceptors (Lipinski definition) is 3. The third kappa shape index (κ3) is 29.6. The molecular formula is C44H86O4S. The van der Waals surface area contributed by atoms with Gasteiger partial charge in [-0.25, -0.2) is 0 Å². The van der Waals surface area contributed by atoms with Crippen molar-refractivity contribution >= 4 is 23.7 Å². The molecule has 2 N–H and O–H groups in total. The Labute approximate surface area is 310 Å². The zero-order chi connectivity index (χ0) is 36.3. The molecule has 0 amide bonds. The molecule has 0 bridgehead atoms. The Morgan fingerprint density at radius 2 is 0.694 bits per heavy atom. The molecule has 0 aromatic heterocycles. The number of unbranched alkanes of at least 4 members (excludes halogenated alkanes) is 30. The second-order valence-corrected chi connectivity index (χ2v) is 17.5. The normalized spacial score (nSPS) is 13.1. The Bertz CT molecular complexity index is 690. The van der Waals surface area contributed by atoms with E-state index in [9.17, 15) is 19.8 Å². The maximum Gasteiger partial charge on any atom is 0.310 e. The van der Waals surface area contributed by atoms with Gasteiger partial charge < -0.3 is 10.2 Å². The molecule has 0 heterocycles. The molecule has 0 rings (SSSR count). The lowest BCUT2D eigenvalue weighted by atomic mass is 9.75. The van der Waals surface area contributed by atoms with Crippen LogP contribution in [0.3, 0.4) is 0 Å². The summed E-state index contributed by atoms with van der Waals surface area (Å²) in [5.74, 6) is -1.47. The SMILES string of the molecule is CCCCCCCCCCCCCCCCCCC(CCCCCCCCCCCCCCCCCC)(C(=O)O)C(C)SC(C)CC(=O)O. The molecule has 5 heteroatoms. The Morgan fingerprint density at radius 1 is 0.449 bits per heavy atom. The number of carboxylic acids is 2. The van der Waals surface area contributed by atoms with Crippen LogP contribution in [0.15, 0.2) is 0 Å². The lowest BCUT2D eigenvalue weighted by Gasteiger charge is -2.36. The predicted octanol–water partition coefficient (Wildman–Crippen LogP) is 15.3. The number of aliphatic carboxylic acids is 2. The van der Waals surface area contributed by atoms with Gasteiger partial charge in [0.05, 0.1) is 11.8 Å². The monoisotopic (exact) mass is 711 g/mol. The van der Waals surface area contributed by atoms with Crippen LogP contribution in [0, 0.1) is 5.41 Å². The quantitative estimate of drug-likeness (QED) is 0.0619. The minimum absolute atomic E-state index is 0.0807. The smallest absolute Gasteiger partial charge is 0.310 e. The fourth-order valence-corrected chi connectivity index (χ4v) is 9.20. The molecule has 0 aliphatic rings. The summed E-state index contributed by atoms with van der Waals surface area (Å²) in [6, 6.07) is 0. The first-order valence-electron chi connectivity index (χ1n) is 21.9. The van der Waals surface area contributed by atoms with Crippen molar-refractivity contribution in [2.45, 2.75) is 263 Å². The summed E-state index contributed by atoms with van der Waals surface area (Å²) in [5, 5.41) is 19.7. The number of thioether (sulfide) groups is 1. The third-order valence-electron chi connectivity index (χ3n) is 11.1. The molecule has 0 aromatic rings. The molecule has 4 nitrogen and oxygen atoms in total. The molecule has 292 valence electrons. The molecule has 0 saturated carbocycles. The van der Waals surface area contributed by atoms with E-state index in [0.29, 0.717) is 12.8 Å². The number of rotatable bonds is 40. The number of hydrogen-bond donors (Lipinski definition) is 2. The molecule has 0 saturated heterocycles. The van der Waals surface area contributed by atoms with E-state index in [1.807, 2.05) is 6.92 Å². The van der Waals surface area contributed by atoms with Crippen molar-refractivity contribution in [2.75, 3.05) is 0 Å². The largest absolute Gasteiger partial charge is 0.481 e. The van der Waals surface area contributed by atoms with E-state index in [0.717, 1.165) is 25.7 Å². The third-order valence-corrected chi connectivity index (χ3v) is 12.5. The van der Waals surface area contributed by atoms with Gasteiger partial charge in [0.1, 0.15) is 0 Å². The Balaban J connectivity index is 4.34. The van der Waals surface area contributed by atoms with Crippen molar-refractivity contribution in [3.8, 4) is 0 Å². The van der Waals surface area contributed by atoms with Gasteiger partial charge in [-0.1, -0.05) is 233 Å². The van der Waals surface area contributed by atoms with E-state index in [-0.39, 0.29) is 16.9 Å². The highest BCUT2D eigenvalue weighted by atomic mass is 32.2. The second-order valence-electron chi connectivity index (χ2n) is 15.8. The molecular weight excluding hydrogens is 625 g/mol. The molecule has 0 aliphatic carbocycles. The fourth-order valence-electron chi connectivity index (χ4n) is 7.67. The Hall–Kier alpha value is -0.710. The van der Waals surface area contributed by atoms with Crippen LogP contribution >= 0.6 is 11.8 Å². The molecule has 0 aliphatic heterocycles. The van der Waals surface area contributed by atoms with Crippen molar-refractivity contribution < 1.29 is 19.8 Å². The summed E-state index contributed by atoms with van der Waals surface area (Å²) in [7, 11) is 0. The zero-order valence-corrected chi connectivity index (χ0v) is 34.3. The maximum absolute atomic E-state index is 12.9. The van der Waals surface area contributed by atoms with E-state index >= 15 is 0 Å². The average Bonchev–Trinajstić information content (AvgIpc) is 3.06. The summed E-state index contributed by atoms with van der Waals surface area (Å²) in [6.45, 7) is 8.55. The van der Waals surface area contributed by atoms with E-state index in [1.54, 1.807) is 11.8 Å². The first-order valence-corrected chi connectivity index (χ1v) is 22.8. The van der Waals surface area contributed by atoms with Gasteiger partial charge in [-0.05, 0) is 12.8 Å². The van der Waals surface area contributed by atoms with E-state index in [2.05, 4.69) is 20.8 Å². The number of carboxylic acid groups (broad SMARTS) is 2. The average molecular weight is 711 g/mol. The Morgan fingerprint density at radius 3 is 0.918 bits per heavy atom. The van der Waals surface area contributed by atoms with Crippen LogP contribution in [-0.2, 0) is 9.59 Å². The lowest BCUT2D eigenvalue weighted by Crippen LogP contribution is -2.40. The zero-order valence-electron chi connectivity index (χ0n) is 33.5. The minimum atomic E-state index is -0.802. The van der Waals surface area contributed by atoms with Crippen LogP contribution in [0.4, 0.5) is 0 Å². The van der Waals surface area contributed by atoms with Gasteiger partial charge in [0.15, 0.2) is 0 Å². The van der Waals surface area contributed by atoms with Gasteiger partial charge in [0.2, 0.25) is 0 Å². The topological polar surface area (TPSA) is 74.6 Å². The van der Waals surface area contributed by atoms with Crippen LogP contribution in [0.5, 0.6) is 0 Å². The van der Waals surface area contributed by atoms with Crippen LogP contribution < -0.4 is 0 Å². The number of carbonyl (C=O) groups is 2. The first kappa shape index (κ1) is 48.3. The first-order chi connectivity index (χ1) is 23.8. The fraction of sp³-hybridized carbons (Fsp3) is 0.955. The molecule has 0 spiro atoms. The minimum Gasteiger partial charge on any atom is -0.481 e. The van der Waals surface area contributed by atoms with E-state index < -0.39 is 17.4 Å². The highest BCUT2D eigenvalue weighted by Crippen LogP contribution is 2.43.